The minimum Gasteiger partial charge on any atom is -0.496 e. The van der Waals surface area contributed by atoms with Gasteiger partial charge < -0.3 is 15.2 Å². The average molecular weight is 282 g/mol. The Labute approximate surface area is 124 Å². The third-order valence-electron chi connectivity index (χ3n) is 3.35. The molecular formula is C17H18N2O2. The van der Waals surface area contributed by atoms with Crippen LogP contribution in [0.3, 0.4) is 0 Å². The molecule has 0 amide bonds. The summed E-state index contributed by atoms with van der Waals surface area (Å²) in [6.07, 6.45) is 0. The Morgan fingerprint density at radius 3 is 2.76 bits per heavy atom. The van der Waals surface area contributed by atoms with Gasteiger partial charge in [-0.2, -0.15) is 5.26 Å². The summed E-state index contributed by atoms with van der Waals surface area (Å²) < 4.78 is 5.19. The molecule has 2 rings (SSSR count). The maximum absolute atomic E-state index is 9.35. The normalized spacial score (nSPS) is 11.5. The molecule has 4 nitrogen and oxygen atoms in total. The largest absolute Gasteiger partial charge is 0.496 e. The SMILES string of the molecule is COc1ccc(NC(C)c2cccc(C#N)c2)cc1CO. The van der Waals surface area contributed by atoms with Gasteiger partial charge in [0.15, 0.2) is 0 Å². The van der Waals surface area contributed by atoms with Crippen molar-refractivity contribution in [2.75, 3.05) is 12.4 Å². The van der Waals surface area contributed by atoms with Crippen molar-refractivity contribution in [3.8, 4) is 11.8 Å². The number of aliphatic hydroxyl groups is 1. The van der Waals surface area contributed by atoms with E-state index in [0.29, 0.717) is 11.3 Å². The van der Waals surface area contributed by atoms with Crippen LogP contribution in [-0.2, 0) is 6.61 Å². The van der Waals surface area contributed by atoms with Crippen LogP contribution >= 0.6 is 0 Å². The Balaban J connectivity index is 2.19. The maximum atomic E-state index is 9.35. The van der Waals surface area contributed by atoms with Crippen LogP contribution in [-0.4, -0.2) is 12.2 Å². The Kier molecular flexibility index (Phi) is 4.81. The minimum absolute atomic E-state index is 0.0539. The number of methoxy groups -OCH3 is 1. The van der Waals surface area contributed by atoms with Gasteiger partial charge in [0.1, 0.15) is 5.75 Å². The van der Waals surface area contributed by atoms with Crippen molar-refractivity contribution in [2.24, 2.45) is 0 Å². The number of aliphatic hydroxyl groups excluding tert-OH is 1. The maximum Gasteiger partial charge on any atom is 0.124 e. The van der Waals surface area contributed by atoms with E-state index in [-0.39, 0.29) is 12.6 Å². The fraction of sp³-hybridized carbons (Fsp3) is 0.235. The number of benzene rings is 2. The lowest BCUT2D eigenvalue weighted by Gasteiger charge is -2.17. The predicted octanol–water partition coefficient (Wildman–Crippen LogP) is 3.23. The van der Waals surface area contributed by atoms with Gasteiger partial charge in [0.05, 0.1) is 25.3 Å². The first kappa shape index (κ1) is 14.9. The number of nitriles is 1. The van der Waals surface area contributed by atoms with Crippen LogP contribution in [0.15, 0.2) is 42.5 Å². The van der Waals surface area contributed by atoms with E-state index in [1.807, 2.05) is 43.3 Å². The summed E-state index contributed by atoms with van der Waals surface area (Å²) in [7, 11) is 1.58. The molecule has 2 aromatic carbocycles. The third-order valence-corrected chi connectivity index (χ3v) is 3.35. The highest BCUT2D eigenvalue weighted by atomic mass is 16.5. The zero-order valence-corrected chi connectivity index (χ0v) is 12.1. The molecule has 1 unspecified atom stereocenters. The molecule has 0 aliphatic carbocycles. The Hall–Kier alpha value is -2.51. The molecule has 0 radical (unpaired) electrons. The zero-order chi connectivity index (χ0) is 15.2. The Morgan fingerprint density at radius 2 is 2.10 bits per heavy atom. The smallest absolute Gasteiger partial charge is 0.124 e. The number of ether oxygens (including phenoxy) is 1. The average Bonchev–Trinajstić information content (AvgIpc) is 2.54. The number of nitrogens with zero attached hydrogens (tertiary/aromatic N) is 1. The molecule has 0 aliphatic rings. The van der Waals surface area contributed by atoms with Crippen LogP contribution in [0.4, 0.5) is 5.69 Å². The van der Waals surface area contributed by atoms with Gasteiger partial charge in [0.25, 0.3) is 0 Å². The molecular weight excluding hydrogens is 264 g/mol. The molecule has 0 saturated carbocycles. The van der Waals surface area contributed by atoms with Crippen LogP contribution in [0.2, 0.25) is 0 Å². The zero-order valence-electron chi connectivity index (χ0n) is 12.1. The van der Waals surface area contributed by atoms with E-state index in [1.165, 1.54) is 0 Å². The number of rotatable bonds is 5. The molecule has 2 aromatic rings. The van der Waals surface area contributed by atoms with Crippen molar-refractivity contribution < 1.29 is 9.84 Å². The Bertz CT molecular complexity index is 662. The molecule has 0 fully saturated rings. The molecule has 4 heteroatoms. The van der Waals surface area contributed by atoms with Gasteiger partial charge in [-0.15, -0.1) is 0 Å². The van der Waals surface area contributed by atoms with E-state index in [9.17, 15) is 5.11 Å². The first-order valence-corrected chi connectivity index (χ1v) is 6.72. The van der Waals surface area contributed by atoms with Gasteiger partial charge in [-0.05, 0) is 42.8 Å². The van der Waals surface area contributed by atoms with Crippen molar-refractivity contribution in [2.45, 2.75) is 19.6 Å². The van der Waals surface area contributed by atoms with E-state index >= 15 is 0 Å². The highest BCUT2D eigenvalue weighted by Crippen LogP contribution is 2.25. The van der Waals surface area contributed by atoms with E-state index in [2.05, 4.69) is 11.4 Å². The van der Waals surface area contributed by atoms with Crippen molar-refractivity contribution in [1.82, 2.24) is 0 Å². The summed E-state index contributed by atoms with van der Waals surface area (Å²) in [6, 6.07) is 15.3. The fourth-order valence-corrected chi connectivity index (χ4v) is 2.20. The van der Waals surface area contributed by atoms with Gasteiger partial charge in [-0.25, -0.2) is 0 Å². The second-order valence-corrected chi connectivity index (χ2v) is 4.79. The lowest BCUT2D eigenvalue weighted by molar-refractivity contribution is 0.274. The number of nitrogens with one attached hydrogen (secondary N) is 1. The van der Waals surface area contributed by atoms with E-state index in [0.717, 1.165) is 16.8 Å². The summed E-state index contributed by atoms with van der Waals surface area (Å²) in [5.74, 6) is 0.669. The van der Waals surface area contributed by atoms with Crippen molar-refractivity contribution >= 4 is 5.69 Å². The summed E-state index contributed by atoms with van der Waals surface area (Å²) in [6.45, 7) is 1.95. The van der Waals surface area contributed by atoms with Crippen LogP contribution < -0.4 is 10.1 Å². The molecule has 0 spiro atoms. The van der Waals surface area contributed by atoms with Gasteiger partial charge >= 0.3 is 0 Å². The number of hydrogen-bond acceptors (Lipinski definition) is 4. The number of hydrogen-bond donors (Lipinski definition) is 2. The van der Waals surface area contributed by atoms with Gasteiger partial charge in [-0.3, -0.25) is 0 Å². The molecule has 0 aliphatic heterocycles. The molecule has 2 N–H and O–H groups in total. The topological polar surface area (TPSA) is 65.3 Å². The summed E-state index contributed by atoms with van der Waals surface area (Å²) >= 11 is 0. The summed E-state index contributed by atoms with van der Waals surface area (Å²) in [5.41, 5.74) is 3.32. The molecule has 0 bridgehead atoms. The van der Waals surface area contributed by atoms with Crippen LogP contribution in [0.25, 0.3) is 0 Å². The second-order valence-electron chi connectivity index (χ2n) is 4.79. The standard InChI is InChI=1S/C17H18N2O2/c1-12(14-5-3-4-13(8-14)10-18)19-16-6-7-17(21-2)15(9-16)11-20/h3-9,12,19-20H,11H2,1-2H3. The van der Waals surface area contributed by atoms with Gasteiger partial charge in [0, 0.05) is 17.3 Å². The molecule has 21 heavy (non-hydrogen) atoms. The quantitative estimate of drug-likeness (QED) is 0.883. The lowest BCUT2D eigenvalue weighted by Crippen LogP contribution is -2.07. The molecule has 108 valence electrons. The number of anilines is 1. The predicted molar refractivity (Wildman–Crippen MR) is 82.1 cm³/mol. The molecule has 1 atom stereocenters. The fourth-order valence-electron chi connectivity index (χ4n) is 2.20. The molecule has 0 saturated heterocycles. The van der Waals surface area contributed by atoms with E-state index in [1.54, 1.807) is 13.2 Å². The van der Waals surface area contributed by atoms with E-state index in [4.69, 9.17) is 10.00 Å². The van der Waals surface area contributed by atoms with Gasteiger partial charge in [0.2, 0.25) is 0 Å². The second kappa shape index (κ2) is 6.78. The van der Waals surface area contributed by atoms with Crippen LogP contribution in [0.1, 0.15) is 29.7 Å². The van der Waals surface area contributed by atoms with Crippen molar-refractivity contribution in [3.05, 3.63) is 59.2 Å². The summed E-state index contributed by atoms with van der Waals surface area (Å²) in [4.78, 5) is 0. The van der Waals surface area contributed by atoms with Crippen molar-refractivity contribution in [3.63, 3.8) is 0 Å². The summed E-state index contributed by atoms with van der Waals surface area (Å²) in [5, 5.41) is 21.7. The Morgan fingerprint density at radius 1 is 1.29 bits per heavy atom. The van der Waals surface area contributed by atoms with Gasteiger partial charge in [-0.1, -0.05) is 12.1 Å². The molecule has 0 heterocycles. The third kappa shape index (κ3) is 3.53. The lowest BCUT2D eigenvalue weighted by atomic mass is 10.0. The van der Waals surface area contributed by atoms with E-state index < -0.39 is 0 Å². The minimum atomic E-state index is -0.0724. The highest BCUT2D eigenvalue weighted by Gasteiger charge is 2.08. The van der Waals surface area contributed by atoms with Crippen LogP contribution in [0, 0.1) is 11.3 Å². The van der Waals surface area contributed by atoms with Crippen molar-refractivity contribution in [1.29, 1.82) is 5.26 Å². The first-order chi connectivity index (χ1) is 10.2. The highest BCUT2D eigenvalue weighted by molar-refractivity contribution is 5.52. The molecule has 0 aromatic heterocycles. The monoisotopic (exact) mass is 282 g/mol. The van der Waals surface area contributed by atoms with Crippen LogP contribution in [0.5, 0.6) is 5.75 Å². The first-order valence-electron chi connectivity index (χ1n) is 6.72.